The molecule has 1 aliphatic carbocycles. The van der Waals surface area contributed by atoms with E-state index >= 15 is 0 Å². The van der Waals surface area contributed by atoms with Crippen molar-refractivity contribution in [2.45, 2.75) is 19.3 Å². The molecular weight excluding hydrogens is 378 g/mol. The number of carboxylic acid groups (broad SMARTS) is 1. The molecule has 2 aromatic rings. The summed E-state index contributed by atoms with van der Waals surface area (Å²) in [6.07, 6.45) is 2.34. The molecule has 1 N–H and O–H groups in total. The summed E-state index contributed by atoms with van der Waals surface area (Å²) in [6, 6.07) is 9.69. The highest BCUT2D eigenvalue weighted by atomic mass is 32.1. The molecule has 2 aliphatic heterocycles. The smallest absolute Gasteiger partial charge is 0.307 e. The minimum absolute atomic E-state index is 0.0381. The summed E-state index contributed by atoms with van der Waals surface area (Å²) in [5, 5.41) is 9.21. The highest BCUT2D eigenvalue weighted by molar-refractivity contribution is 7.17. The lowest BCUT2D eigenvalue weighted by Gasteiger charge is -2.32. The summed E-state index contributed by atoms with van der Waals surface area (Å²) in [5.74, 6) is 0.625. The van der Waals surface area contributed by atoms with Gasteiger partial charge in [0.15, 0.2) is 11.5 Å². The third-order valence-electron chi connectivity index (χ3n) is 6.18. The van der Waals surface area contributed by atoms with Gasteiger partial charge in [0.2, 0.25) is 0 Å². The highest BCUT2D eigenvalue weighted by Gasteiger charge is 2.59. The van der Waals surface area contributed by atoms with Crippen molar-refractivity contribution in [1.82, 2.24) is 4.90 Å². The lowest BCUT2D eigenvalue weighted by Crippen LogP contribution is -2.39. The molecule has 1 atom stereocenters. The summed E-state index contributed by atoms with van der Waals surface area (Å²) >= 11 is 1.48. The predicted octanol–water partition coefficient (Wildman–Crippen LogP) is 3.51. The Morgan fingerprint density at radius 1 is 1.07 bits per heavy atom. The Hall–Kier alpha value is -2.54. The zero-order valence-electron chi connectivity index (χ0n) is 15.3. The van der Waals surface area contributed by atoms with Crippen LogP contribution in [0.2, 0.25) is 0 Å². The van der Waals surface area contributed by atoms with Gasteiger partial charge >= 0.3 is 5.97 Å². The van der Waals surface area contributed by atoms with E-state index in [2.05, 4.69) is 0 Å². The average molecular weight is 399 g/mol. The van der Waals surface area contributed by atoms with Gasteiger partial charge in [0.1, 0.15) is 13.2 Å². The largest absolute Gasteiger partial charge is 0.486 e. The molecule has 7 heteroatoms. The summed E-state index contributed by atoms with van der Waals surface area (Å²) in [5.41, 5.74) is 0.946. The molecule has 3 aliphatic rings. The maximum Gasteiger partial charge on any atom is 0.307 e. The molecule has 146 valence electrons. The fraction of sp³-hybridized carbons (Fsp3) is 0.429. The lowest BCUT2D eigenvalue weighted by molar-refractivity contribution is -0.139. The maximum atomic E-state index is 12.9. The van der Waals surface area contributed by atoms with Gasteiger partial charge in [-0.05, 0) is 60.6 Å². The Morgan fingerprint density at radius 3 is 2.54 bits per heavy atom. The number of benzene rings is 1. The number of amides is 1. The number of fused-ring (bicyclic) bond motifs is 1. The molecule has 1 unspecified atom stereocenters. The molecule has 28 heavy (non-hydrogen) atoms. The van der Waals surface area contributed by atoms with Gasteiger partial charge in [0.05, 0.1) is 10.8 Å². The van der Waals surface area contributed by atoms with Gasteiger partial charge in [0, 0.05) is 18.0 Å². The number of carboxylic acids is 1. The van der Waals surface area contributed by atoms with E-state index in [4.69, 9.17) is 9.47 Å². The van der Waals surface area contributed by atoms with Crippen molar-refractivity contribution >= 4 is 23.2 Å². The Labute approximate surface area is 166 Å². The van der Waals surface area contributed by atoms with E-state index in [0.717, 1.165) is 41.2 Å². The van der Waals surface area contributed by atoms with Crippen molar-refractivity contribution in [2.24, 2.45) is 11.3 Å². The standard InChI is InChI=1S/C21H21NO5S/c23-19(22-7-5-21(6-8-22)12-14(21)20(24)25)18-4-3-17(28-18)13-1-2-15-16(11-13)27-10-9-26-15/h1-4,11,14H,5-10,12H2,(H,24,25). The first-order valence-corrected chi connectivity index (χ1v) is 10.4. The zero-order valence-corrected chi connectivity index (χ0v) is 16.2. The van der Waals surface area contributed by atoms with Crippen LogP contribution in [0.1, 0.15) is 28.9 Å². The van der Waals surface area contributed by atoms with Crippen LogP contribution in [0.15, 0.2) is 30.3 Å². The molecule has 0 bridgehead atoms. The highest BCUT2D eigenvalue weighted by Crippen LogP contribution is 2.59. The monoisotopic (exact) mass is 399 g/mol. The van der Waals surface area contributed by atoms with Crippen LogP contribution in [0, 0.1) is 11.3 Å². The molecule has 1 saturated heterocycles. The van der Waals surface area contributed by atoms with Crippen molar-refractivity contribution in [3.63, 3.8) is 0 Å². The van der Waals surface area contributed by atoms with Gasteiger partial charge < -0.3 is 19.5 Å². The van der Waals surface area contributed by atoms with E-state index in [1.807, 2.05) is 35.2 Å². The predicted molar refractivity (Wildman–Crippen MR) is 104 cm³/mol. The molecule has 2 fully saturated rings. The van der Waals surface area contributed by atoms with Gasteiger partial charge in [-0.3, -0.25) is 9.59 Å². The van der Waals surface area contributed by atoms with Crippen LogP contribution in [0.4, 0.5) is 0 Å². The number of thiophene rings is 1. The fourth-order valence-electron chi connectivity index (χ4n) is 4.36. The summed E-state index contributed by atoms with van der Waals surface area (Å²) in [4.78, 5) is 27.7. The van der Waals surface area contributed by atoms with Gasteiger partial charge in [-0.15, -0.1) is 11.3 Å². The Morgan fingerprint density at radius 2 is 1.82 bits per heavy atom. The Balaban J connectivity index is 1.28. The molecule has 1 amide bonds. The first kappa shape index (κ1) is 17.6. The number of nitrogens with zero attached hydrogens (tertiary/aromatic N) is 1. The average Bonchev–Trinajstić information content (AvgIpc) is 3.20. The summed E-state index contributed by atoms with van der Waals surface area (Å²) in [7, 11) is 0. The van der Waals surface area contributed by atoms with Crippen LogP contribution in [-0.2, 0) is 4.79 Å². The molecule has 6 nitrogen and oxygen atoms in total. The number of ether oxygens (including phenoxy) is 2. The topological polar surface area (TPSA) is 76.1 Å². The second-order valence-electron chi connectivity index (χ2n) is 7.77. The van der Waals surface area contributed by atoms with E-state index in [1.165, 1.54) is 11.3 Å². The van der Waals surface area contributed by atoms with E-state index < -0.39 is 5.97 Å². The number of carbonyl (C=O) groups excluding carboxylic acids is 1. The number of aliphatic carboxylic acids is 1. The Bertz CT molecular complexity index is 944. The number of rotatable bonds is 3. The maximum absolute atomic E-state index is 12.9. The summed E-state index contributed by atoms with van der Waals surface area (Å²) < 4.78 is 11.2. The van der Waals surface area contributed by atoms with Crippen LogP contribution < -0.4 is 9.47 Å². The molecule has 0 radical (unpaired) electrons. The van der Waals surface area contributed by atoms with E-state index in [-0.39, 0.29) is 17.2 Å². The third kappa shape index (κ3) is 2.94. The zero-order chi connectivity index (χ0) is 19.3. The van der Waals surface area contributed by atoms with Crippen molar-refractivity contribution in [3.05, 3.63) is 35.2 Å². The molecule has 3 heterocycles. The van der Waals surface area contributed by atoms with Crippen LogP contribution in [0.25, 0.3) is 10.4 Å². The first-order valence-electron chi connectivity index (χ1n) is 9.58. The van der Waals surface area contributed by atoms with Crippen molar-refractivity contribution in [3.8, 4) is 21.9 Å². The molecule has 1 aromatic heterocycles. The number of hydrogen-bond donors (Lipinski definition) is 1. The van der Waals surface area contributed by atoms with Gasteiger partial charge in [-0.2, -0.15) is 0 Å². The molecule has 1 spiro atoms. The minimum Gasteiger partial charge on any atom is -0.486 e. The molecule has 1 aromatic carbocycles. The molecule has 5 rings (SSSR count). The van der Waals surface area contributed by atoms with Crippen LogP contribution in [-0.4, -0.2) is 48.2 Å². The van der Waals surface area contributed by atoms with Crippen LogP contribution in [0.3, 0.4) is 0 Å². The normalized spacial score (nSPS) is 22.1. The lowest BCUT2D eigenvalue weighted by atomic mass is 9.91. The Kier molecular flexibility index (Phi) is 4.08. The van der Waals surface area contributed by atoms with Crippen molar-refractivity contribution in [2.75, 3.05) is 26.3 Å². The second-order valence-corrected chi connectivity index (χ2v) is 8.86. The molecular formula is C21H21NO5S. The number of carbonyl (C=O) groups is 2. The fourth-order valence-corrected chi connectivity index (χ4v) is 5.34. The summed E-state index contributed by atoms with van der Waals surface area (Å²) in [6.45, 7) is 2.39. The van der Waals surface area contributed by atoms with E-state index in [1.54, 1.807) is 0 Å². The van der Waals surface area contributed by atoms with Gasteiger partial charge in [-0.25, -0.2) is 0 Å². The van der Waals surface area contributed by atoms with Crippen LogP contribution >= 0.6 is 11.3 Å². The van der Waals surface area contributed by atoms with E-state index in [9.17, 15) is 14.7 Å². The second kappa shape index (κ2) is 6.51. The number of likely N-dealkylation sites (tertiary alicyclic amines) is 1. The SMILES string of the molecule is O=C(O)C1CC12CCN(C(=O)c1ccc(-c3ccc4c(c3)OCCO4)s1)CC2. The third-order valence-corrected chi connectivity index (χ3v) is 7.30. The van der Waals surface area contributed by atoms with Gasteiger partial charge in [-0.1, -0.05) is 0 Å². The van der Waals surface area contributed by atoms with E-state index in [0.29, 0.717) is 31.2 Å². The first-order chi connectivity index (χ1) is 13.6. The number of piperidine rings is 1. The number of hydrogen-bond acceptors (Lipinski definition) is 5. The van der Waals surface area contributed by atoms with Crippen LogP contribution in [0.5, 0.6) is 11.5 Å². The molecule has 1 saturated carbocycles. The van der Waals surface area contributed by atoms with Crippen molar-refractivity contribution in [1.29, 1.82) is 0 Å². The van der Waals surface area contributed by atoms with Crippen molar-refractivity contribution < 1.29 is 24.2 Å². The minimum atomic E-state index is -0.692. The quantitative estimate of drug-likeness (QED) is 0.855. The van der Waals surface area contributed by atoms with Gasteiger partial charge in [0.25, 0.3) is 5.91 Å².